The molecule has 0 aromatic heterocycles. The number of thioether (sulfide) groups is 1. The van der Waals surface area contributed by atoms with Crippen LogP contribution in [0.4, 0.5) is 0 Å². The molecule has 0 radical (unpaired) electrons. The average molecular weight is 250 g/mol. The molecule has 1 saturated heterocycles. The van der Waals surface area contributed by atoms with Crippen LogP contribution in [0.5, 0.6) is 0 Å². The second-order valence-corrected chi connectivity index (χ2v) is 6.71. The second kappa shape index (κ2) is 4.73. The third-order valence-corrected chi connectivity index (χ3v) is 3.73. The number of hydrogen-bond acceptors (Lipinski definition) is 3. The van der Waals surface area contributed by atoms with E-state index < -0.39 is 0 Å². The maximum absolute atomic E-state index is 11.7. The van der Waals surface area contributed by atoms with E-state index in [-0.39, 0.29) is 11.4 Å². The maximum Gasteiger partial charge on any atom is 0.338 e. The number of hydrogen-bond donors (Lipinski definition) is 0. The van der Waals surface area contributed by atoms with Gasteiger partial charge in [0.25, 0.3) is 0 Å². The zero-order valence-corrected chi connectivity index (χ0v) is 11.3. The number of ether oxygens (including phenoxy) is 1. The summed E-state index contributed by atoms with van der Waals surface area (Å²) >= 11 is 1.83. The van der Waals surface area contributed by atoms with Crippen LogP contribution in [0.25, 0.3) is 0 Å². The molecule has 2 rings (SSSR count). The van der Waals surface area contributed by atoms with E-state index >= 15 is 0 Å². The molecule has 92 valence electrons. The Morgan fingerprint density at radius 2 is 1.94 bits per heavy atom. The Bertz CT molecular complexity index is 399. The summed E-state index contributed by atoms with van der Waals surface area (Å²) in [5.74, 6) is 0.911. The summed E-state index contributed by atoms with van der Waals surface area (Å²) in [5.41, 5.74) is 1.99. The monoisotopic (exact) mass is 250 g/mol. The van der Waals surface area contributed by atoms with Gasteiger partial charge in [0.05, 0.1) is 5.56 Å². The van der Waals surface area contributed by atoms with Gasteiger partial charge < -0.3 is 4.74 Å². The van der Waals surface area contributed by atoms with Crippen LogP contribution in [0.3, 0.4) is 0 Å². The van der Waals surface area contributed by atoms with Crippen LogP contribution >= 0.6 is 11.8 Å². The van der Waals surface area contributed by atoms with E-state index in [4.69, 9.17) is 4.74 Å². The topological polar surface area (TPSA) is 26.3 Å². The fraction of sp³-hybridized carbons (Fsp3) is 0.500. The lowest BCUT2D eigenvalue weighted by molar-refractivity contribution is 0.0517. The summed E-state index contributed by atoms with van der Waals surface area (Å²) in [6.45, 7) is 7.02. The van der Waals surface area contributed by atoms with Crippen molar-refractivity contribution in [3.8, 4) is 0 Å². The molecule has 0 aliphatic carbocycles. The molecule has 1 atom stereocenters. The van der Waals surface area contributed by atoms with Crippen molar-refractivity contribution in [1.82, 2.24) is 0 Å². The Morgan fingerprint density at radius 1 is 1.35 bits per heavy atom. The van der Waals surface area contributed by atoms with Gasteiger partial charge in [0.15, 0.2) is 0 Å². The molecule has 1 heterocycles. The van der Waals surface area contributed by atoms with Crippen molar-refractivity contribution in [2.75, 3.05) is 12.4 Å². The van der Waals surface area contributed by atoms with Crippen LogP contribution in [0.15, 0.2) is 24.3 Å². The minimum atomic E-state index is -0.210. The van der Waals surface area contributed by atoms with Crippen molar-refractivity contribution in [3.05, 3.63) is 35.4 Å². The molecule has 1 aliphatic heterocycles. The maximum atomic E-state index is 11.7. The molecule has 0 amide bonds. The molecule has 3 heteroatoms. The lowest BCUT2D eigenvalue weighted by atomic mass is 9.87. The lowest BCUT2D eigenvalue weighted by Crippen LogP contribution is -2.12. The van der Waals surface area contributed by atoms with Crippen molar-refractivity contribution < 1.29 is 9.53 Å². The minimum Gasteiger partial charge on any atom is -0.461 e. The van der Waals surface area contributed by atoms with Gasteiger partial charge in [-0.15, -0.1) is 0 Å². The number of esters is 1. The van der Waals surface area contributed by atoms with Gasteiger partial charge in [-0.25, -0.2) is 4.79 Å². The smallest absolute Gasteiger partial charge is 0.338 e. The van der Waals surface area contributed by atoms with Gasteiger partial charge in [-0.05, 0) is 23.1 Å². The highest BCUT2D eigenvalue weighted by Crippen LogP contribution is 2.30. The summed E-state index contributed by atoms with van der Waals surface area (Å²) in [6.07, 6.45) is 0. The molecule has 2 nitrogen and oxygen atoms in total. The van der Waals surface area contributed by atoms with Crippen LogP contribution in [0, 0.1) is 0 Å². The summed E-state index contributed by atoms with van der Waals surface area (Å²) in [5, 5.41) is 0.535. The third kappa shape index (κ3) is 3.50. The molecule has 1 unspecified atom stereocenters. The van der Waals surface area contributed by atoms with E-state index in [0.29, 0.717) is 17.4 Å². The fourth-order valence-electron chi connectivity index (χ4n) is 1.52. The van der Waals surface area contributed by atoms with E-state index in [1.807, 2.05) is 36.0 Å². The normalized spacial score (nSPS) is 18.9. The predicted molar refractivity (Wildman–Crippen MR) is 71.7 cm³/mol. The quantitative estimate of drug-likeness (QED) is 0.608. The van der Waals surface area contributed by atoms with Gasteiger partial charge in [0, 0.05) is 11.0 Å². The van der Waals surface area contributed by atoms with Gasteiger partial charge in [-0.3, -0.25) is 0 Å². The van der Waals surface area contributed by atoms with Crippen LogP contribution in [-0.4, -0.2) is 23.6 Å². The molecule has 1 aromatic carbocycles. The standard InChI is InChI=1S/C14H18O2S/c1-14(2,3)11-6-4-10(5-7-11)13(15)16-8-12-9-17-12/h4-7,12H,8-9H2,1-3H3. The predicted octanol–water partition coefficient (Wildman–Crippen LogP) is 3.26. The zero-order chi connectivity index (χ0) is 12.5. The van der Waals surface area contributed by atoms with Gasteiger partial charge in [-0.2, -0.15) is 11.8 Å². The molecule has 1 aliphatic rings. The zero-order valence-electron chi connectivity index (χ0n) is 10.5. The minimum absolute atomic E-state index is 0.118. The van der Waals surface area contributed by atoms with Gasteiger partial charge >= 0.3 is 5.97 Å². The Hall–Kier alpha value is -0.960. The molecular weight excluding hydrogens is 232 g/mol. The van der Waals surface area contributed by atoms with Crippen LogP contribution in [0.1, 0.15) is 36.7 Å². The first-order valence-electron chi connectivity index (χ1n) is 5.86. The first-order chi connectivity index (χ1) is 7.97. The van der Waals surface area contributed by atoms with Crippen LogP contribution in [-0.2, 0) is 10.2 Å². The average Bonchev–Trinajstić information content (AvgIpc) is 3.09. The first kappa shape index (κ1) is 12.5. The fourth-order valence-corrected chi connectivity index (χ4v) is 1.92. The lowest BCUT2D eigenvalue weighted by Gasteiger charge is -2.18. The summed E-state index contributed by atoms with van der Waals surface area (Å²) < 4.78 is 5.22. The van der Waals surface area contributed by atoms with E-state index in [1.54, 1.807) is 0 Å². The third-order valence-electron chi connectivity index (χ3n) is 2.79. The highest BCUT2D eigenvalue weighted by molar-refractivity contribution is 8.06. The number of benzene rings is 1. The number of rotatable bonds is 3. The Balaban J connectivity index is 1.98. The van der Waals surface area contributed by atoms with Crippen molar-refractivity contribution in [1.29, 1.82) is 0 Å². The molecule has 0 bridgehead atoms. The van der Waals surface area contributed by atoms with Crippen molar-refractivity contribution in [2.45, 2.75) is 31.4 Å². The van der Waals surface area contributed by atoms with Gasteiger partial charge in [0.2, 0.25) is 0 Å². The summed E-state index contributed by atoms with van der Waals surface area (Å²) in [6, 6.07) is 7.71. The number of carbonyl (C=O) groups is 1. The summed E-state index contributed by atoms with van der Waals surface area (Å²) in [4.78, 5) is 11.7. The van der Waals surface area contributed by atoms with E-state index in [9.17, 15) is 4.79 Å². The summed E-state index contributed by atoms with van der Waals surface area (Å²) in [7, 11) is 0. The van der Waals surface area contributed by atoms with Crippen LogP contribution in [0.2, 0.25) is 0 Å². The highest BCUT2D eigenvalue weighted by Gasteiger charge is 2.24. The number of carbonyl (C=O) groups excluding carboxylic acids is 1. The Morgan fingerprint density at radius 3 is 2.41 bits per heavy atom. The SMILES string of the molecule is CC(C)(C)c1ccc(C(=O)OCC2CS2)cc1. The van der Waals surface area contributed by atoms with Crippen molar-refractivity contribution >= 4 is 17.7 Å². The van der Waals surface area contributed by atoms with E-state index in [1.165, 1.54) is 5.56 Å². The molecule has 1 aromatic rings. The van der Waals surface area contributed by atoms with Gasteiger partial charge in [0.1, 0.15) is 6.61 Å². The van der Waals surface area contributed by atoms with Crippen molar-refractivity contribution in [3.63, 3.8) is 0 Å². The highest BCUT2D eigenvalue weighted by atomic mass is 32.2. The second-order valence-electron chi connectivity index (χ2n) is 5.38. The molecular formula is C14H18O2S. The Labute approximate surface area is 107 Å². The molecule has 17 heavy (non-hydrogen) atoms. The molecule has 0 spiro atoms. The molecule has 1 fully saturated rings. The largest absolute Gasteiger partial charge is 0.461 e. The Kier molecular flexibility index (Phi) is 3.48. The van der Waals surface area contributed by atoms with Gasteiger partial charge in [-0.1, -0.05) is 32.9 Å². The van der Waals surface area contributed by atoms with Crippen molar-refractivity contribution in [2.24, 2.45) is 0 Å². The van der Waals surface area contributed by atoms with E-state index in [2.05, 4.69) is 20.8 Å². The molecule has 0 saturated carbocycles. The van der Waals surface area contributed by atoms with Crippen LogP contribution < -0.4 is 0 Å². The van der Waals surface area contributed by atoms with E-state index in [0.717, 1.165) is 5.75 Å². The molecule has 0 N–H and O–H groups in total. The first-order valence-corrected chi connectivity index (χ1v) is 6.91.